The molecule has 4 aromatic rings. The number of rotatable bonds is 3. The molecular weight excluding hydrogens is 360 g/mol. The normalized spacial score (nSPS) is 18.5. The summed E-state index contributed by atoms with van der Waals surface area (Å²) in [6.45, 7) is 1.91. The van der Waals surface area contributed by atoms with Crippen LogP contribution in [0.5, 0.6) is 0 Å². The molecule has 1 aliphatic rings. The number of carbonyl (C=O) groups is 1. The molecule has 2 atom stereocenters. The van der Waals surface area contributed by atoms with Crippen molar-refractivity contribution >= 4 is 23.1 Å². The molecule has 144 valence electrons. The van der Waals surface area contributed by atoms with Gasteiger partial charge < -0.3 is 15.5 Å². The van der Waals surface area contributed by atoms with Crippen LogP contribution in [0.25, 0.3) is 22.0 Å². The van der Waals surface area contributed by atoms with E-state index in [0.29, 0.717) is 0 Å². The summed E-state index contributed by atoms with van der Waals surface area (Å²) in [5.41, 5.74) is 13.3. The Morgan fingerprint density at radius 3 is 2.76 bits per heavy atom. The van der Waals surface area contributed by atoms with Crippen LogP contribution in [0.15, 0.2) is 54.7 Å². The third kappa shape index (κ3) is 2.90. The first kappa shape index (κ1) is 17.6. The maximum atomic E-state index is 11.9. The number of anilines is 1. The lowest BCUT2D eigenvalue weighted by molar-refractivity contribution is -0.109. The Balaban J connectivity index is 1.64. The van der Waals surface area contributed by atoms with Gasteiger partial charge in [-0.1, -0.05) is 42.5 Å². The van der Waals surface area contributed by atoms with Crippen molar-refractivity contribution in [2.45, 2.75) is 31.6 Å². The Labute approximate surface area is 169 Å². The van der Waals surface area contributed by atoms with E-state index in [1.807, 2.05) is 13.1 Å². The zero-order chi connectivity index (χ0) is 20.0. The second-order valence-electron chi connectivity index (χ2n) is 7.74. The van der Waals surface area contributed by atoms with E-state index < -0.39 is 0 Å². The summed E-state index contributed by atoms with van der Waals surface area (Å²) in [6, 6.07) is 16.9. The van der Waals surface area contributed by atoms with Gasteiger partial charge in [0.1, 0.15) is 6.29 Å². The molecule has 0 aliphatic heterocycles. The van der Waals surface area contributed by atoms with E-state index in [-0.39, 0.29) is 17.8 Å². The van der Waals surface area contributed by atoms with Crippen molar-refractivity contribution in [3.05, 3.63) is 77.2 Å². The maximum absolute atomic E-state index is 11.9. The lowest BCUT2D eigenvalue weighted by Crippen LogP contribution is -2.22. The molecule has 29 heavy (non-hydrogen) atoms. The lowest BCUT2D eigenvalue weighted by Gasteiger charge is -2.30. The number of nitrogens with one attached hydrogen (secondary N) is 1. The van der Waals surface area contributed by atoms with Gasteiger partial charge in [-0.15, -0.1) is 0 Å². The quantitative estimate of drug-likeness (QED) is 0.510. The number of aromatic amines is 1. The van der Waals surface area contributed by atoms with Gasteiger partial charge in [0.25, 0.3) is 0 Å². The molecule has 5 rings (SSSR count). The average molecular weight is 382 g/mol. The van der Waals surface area contributed by atoms with Crippen LogP contribution in [0.1, 0.15) is 40.8 Å². The van der Waals surface area contributed by atoms with E-state index in [1.54, 1.807) is 0 Å². The summed E-state index contributed by atoms with van der Waals surface area (Å²) >= 11 is 0. The highest BCUT2D eigenvalue weighted by Crippen LogP contribution is 2.43. The zero-order valence-corrected chi connectivity index (χ0v) is 16.2. The van der Waals surface area contributed by atoms with Crippen molar-refractivity contribution < 1.29 is 4.79 Å². The lowest BCUT2D eigenvalue weighted by atomic mass is 9.74. The van der Waals surface area contributed by atoms with Crippen LogP contribution in [-0.4, -0.2) is 21.2 Å². The molecule has 1 aliphatic carbocycles. The molecule has 3 N–H and O–H groups in total. The summed E-state index contributed by atoms with van der Waals surface area (Å²) in [5.74, 6) is 0.252. The molecule has 0 amide bonds. The van der Waals surface area contributed by atoms with Gasteiger partial charge in [-0.05, 0) is 48.3 Å². The van der Waals surface area contributed by atoms with Gasteiger partial charge in [-0.2, -0.15) is 0 Å². The fraction of sp³-hybridized carbons (Fsp3) is 0.208. The highest BCUT2D eigenvalue weighted by molar-refractivity contribution is 5.95. The average Bonchev–Trinajstić information content (AvgIpc) is 3.21. The van der Waals surface area contributed by atoms with Crippen LogP contribution in [-0.2, 0) is 11.2 Å². The highest BCUT2D eigenvalue weighted by Gasteiger charge is 2.32. The van der Waals surface area contributed by atoms with E-state index in [0.717, 1.165) is 41.6 Å². The van der Waals surface area contributed by atoms with E-state index >= 15 is 0 Å². The van der Waals surface area contributed by atoms with Gasteiger partial charge in [0.2, 0.25) is 5.95 Å². The topological polar surface area (TPSA) is 84.7 Å². The van der Waals surface area contributed by atoms with Gasteiger partial charge in [-0.3, -0.25) is 0 Å². The number of nitrogens with two attached hydrogens (primary N) is 1. The first-order chi connectivity index (χ1) is 14.2. The summed E-state index contributed by atoms with van der Waals surface area (Å²) < 4.78 is 0. The molecule has 0 saturated heterocycles. The van der Waals surface area contributed by atoms with Crippen LogP contribution < -0.4 is 5.73 Å². The van der Waals surface area contributed by atoms with E-state index in [9.17, 15) is 4.79 Å². The number of fused-ring (bicyclic) bond motifs is 2. The third-order valence-corrected chi connectivity index (χ3v) is 6.02. The van der Waals surface area contributed by atoms with Crippen LogP contribution in [0.2, 0.25) is 0 Å². The number of hydrogen-bond donors (Lipinski definition) is 2. The first-order valence-corrected chi connectivity index (χ1v) is 9.89. The minimum Gasteiger partial charge on any atom is -0.368 e. The van der Waals surface area contributed by atoms with Crippen molar-refractivity contribution in [1.29, 1.82) is 0 Å². The fourth-order valence-corrected chi connectivity index (χ4v) is 4.81. The van der Waals surface area contributed by atoms with Crippen LogP contribution in [0.4, 0.5) is 5.95 Å². The number of carbonyl (C=O) groups excluding carboxylic acids is 1. The molecule has 0 spiro atoms. The molecule has 5 nitrogen and oxygen atoms in total. The Morgan fingerprint density at radius 1 is 1.07 bits per heavy atom. The minimum atomic E-state index is -0.210. The van der Waals surface area contributed by atoms with Crippen LogP contribution >= 0.6 is 0 Å². The number of nitrogen functional groups attached to an aromatic ring is 1. The van der Waals surface area contributed by atoms with Gasteiger partial charge in [0.05, 0.1) is 11.2 Å². The maximum Gasteiger partial charge on any atom is 0.220 e. The zero-order valence-electron chi connectivity index (χ0n) is 16.2. The number of aldehydes is 1. The first-order valence-electron chi connectivity index (χ1n) is 9.89. The number of aromatic nitrogens is 3. The molecule has 0 saturated carbocycles. The molecule has 0 fully saturated rings. The van der Waals surface area contributed by atoms with E-state index in [4.69, 9.17) is 5.73 Å². The van der Waals surface area contributed by atoms with E-state index in [2.05, 4.69) is 63.5 Å². The molecular formula is C24H22N4O. The highest BCUT2D eigenvalue weighted by atomic mass is 16.1. The van der Waals surface area contributed by atoms with Crippen molar-refractivity contribution in [1.82, 2.24) is 15.0 Å². The number of nitrogens with zero attached hydrogens (tertiary/aromatic N) is 2. The second-order valence-corrected chi connectivity index (χ2v) is 7.74. The van der Waals surface area contributed by atoms with Crippen molar-refractivity contribution in [2.75, 3.05) is 5.73 Å². The number of benzene rings is 2. The third-order valence-electron chi connectivity index (χ3n) is 6.02. The molecule has 5 heteroatoms. The fourth-order valence-electron chi connectivity index (χ4n) is 4.81. The molecule has 2 aromatic heterocycles. The van der Waals surface area contributed by atoms with Crippen molar-refractivity contribution in [3.63, 3.8) is 0 Å². The number of hydrogen-bond acceptors (Lipinski definition) is 4. The molecule has 2 unspecified atom stereocenters. The molecule has 0 radical (unpaired) electrons. The SMILES string of the molecule is Cc1nc(N)nc2c1C(C=O)CC(c1ccccc1-c1cccc3cc[nH]c13)C2. The van der Waals surface area contributed by atoms with Crippen molar-refractivity contribution in [2.24, 2.45) is 0 Å². The van der Waals surface area contributed by atoms with Crippen molar-refractivity contribution in [3.8, 4) is 11.1 Å². The van der Waals surface area contributed by atoms with Gasteiger partial charge >= 0.3 is 0 Å². The Kier molecular flexibility index (Phi) is 4.16. The molecule has 2 aromatic carbocycles. The monoisotopic (exact) mass is 382 g/mol. The Hall–Kier alpha value is -3.47. The van der Waals surface area contributed by atoms with Crippen LogP contribution in [0.3, 0.4) is 0 Å². The summed E-state index contributed by atoms with van der Waals surface area (Å²) in [4.78, 5) is 24.1. The van der Waals surface area contributed by atoms with Crippen LogP contribution in [0, 0.1) is 6.92 Å². The van der Waals surface area contributed by atoms with Gasteiger partial charge in [0.15, 0.2) is 0 Å². The Bertz CT molecular complexity index is 1230. The van der Waals surface area contributed by atoms with E-state index in [1.165, 1.54) is 22.1 Å². The molecule has 0 bridgehead atoms. The largest absolute Gasteiger partial charge is 0.368 e. The standard InChI is InChI=1S/C24H22N4O/c1-14-22-17(13-29)11-16(12-21(22)28-24(25)27-14)18-6-2-3-7-19(18)20-8-4-5-15-9-10-26-23(15)20/h2-10,13,16-17,26H,11-12H2,1H3,(H2,25,27,28). The number of H-pyrrole nitrogens is 1. The smallest absolute Gasteiger partial charge is 0.220 e. The minimum absolute atomic E-state index is 0.188. The number of para-hydroxylation sites is 1. The van der Waals surface area contributed by atoms with Gasteiger partial charge in [-0.25, -0.2) is 9.97 Å². The number of aryl methyl sites for hydroxylation is 1. The Morgan fingerprint density at radius 2 is 1.90 bits per heavy atom. The predicted molar refractivity (Wildman–Crippen MR) is 115 cm³/mol. The summed E-state index contributed by atoms with van der Waals surface area (Å²) in [5, 5.41) is 1.19. The molecule has 2 heterocycles. The summed E-state index contributed by atoms with van der Waals surface area (Å²) in [6.07, 6.45) is 4.51. The summed E-state index contributed by atoms with van der Waals surface area (Å²) in [7, 11) is 0. The van der Waals surface area contributed by atoms with Gasteiger partial charge in [0, 0.05) is 28.9 Å². The predicted octanol–water partition coefficient (Wildman–Crippen LogP) is 4.53. The second kappa shape index (κ2) is 6.85.